The SMILES string of the molecule is CC(C)CCOc1ccc(-c2nn(-c3ccccc3)cc2/C=c2\sc3nc([C@@H]4COc5ccccc5O4)nn3c2=O)cc1. The van der Waals surface area contributed by atoms with E-state index in [0.29, 0.717) is 39.3 Å². The third-order valence-corrected chi connectivity index (χ3v) is 8.10. The van der Waals surface area contributed by atoms with Crippen molar-refractivity contribution < 1.29 is 14.2 Å². The Labute approximate surface area is 251 Å². The molecule has 0 aliphatic carbocycles. The summed E-state index contributed by atoms with van der Waals surface area (Å²) < 4.78 is 21.4. The number of rotatable bonds is 8. The van der Waals surface area contributed by atoms with E-state index in [9.17, 15) is 4.79 Å². The van der Waals surface area contributed by atoms with Crippen LogP contribution in [-0.2, 0) is 0 Å². The van der Waals surface area contributed by atoms with Gasteiger partial charge in [-0.25, -0.2) is 4.68 Å². The van der Waals surface area contributed by atoms with Crippen LogP contribution in [-0.4, -0.2) is 37.6 Å². The van der Waals surface area contributed by atoms with Crippen LogP contribution in [0.15, 0.2) is 89.9 Å². The Bertz CT molecular complexity index is 2000. The molecule has 3 aromatic heterocycles. The number of thiazole rings is 1. The molecule has 0 bridgehead atoms. The van der Waals surface area contributed by atoms with Gasteiger partial charge in [0.1, 0.15) is 18.1 Å². The molecule has 9 nitrogen and oxygen atoms in total. The van der Waals surface area contributed by atoms with Gasteiger partial charge in [-0.15, -0.1) is 5.10 Å². The maximum Gasteiger partial charge on any atom is 0.291 e. The molecule has 7 rings (SSSR count). The highest BCUT2D eigenvalue weighted by Gasteiger charge is 2.27. The molecule has 3 aromatic carbocycles. The molecule has 1 aliphatic heterocycles. The van der Waals surface area contributed by atoms with E-state index in [1.165, 1.54) is 15.9 Å². The second-order valence-electron chi connectivity index (χ2n) is 10.7. The number of ether oxygens (including phenoxy) is 3. The summed E-state index contributed by atoms with van der Waals surface area (Å²) in [5.41, 5.74) is 3.15. The lowest BCUT2D eigenvalue weighted by Crippen LogP contribution is -2.26. The van der Waals surface area contributed by atoms with Crippen LogP contribution in [0.5, 0.6) is 17.2 Å². The molecule has 0 amide bonds. The Kier molecular flexibility index (Phi) is 7.12. The molecule has 216 valence electrons. The quantitative estimate of drug-likeness (QED) is 0.231. The molecule has 6 aromatic rings. The van der Waals surface area contributed by atoms with Crippen molar-refractivity contribution in [1.29, 1.82) is 0 Å². The Morgan fingerprint density at radius 3 is 2.53 bits per heavy atom. The van der Waals surface area contributed by atoms with Crippen molar-refractivity contribution in [3.8, 4) is 34.2 Å². The fourth-order valence-corrected chi connectivity index (χ4v) is 5.73. The number of benzene rings is 3. The second-order valence-corrected chi connectivity index (χ2v) is 11.7. The molecule has 0 unspecified atom stereocenters. The number of para-hydroxylation sites is 3. The summed E-state index contributed by atoms with van der Waals surface area (Å²) in [6.45, 7) is 5.31. The average Bonchev–Trinajstić information content (AvgIpc) is 3.72. The van der Waals surface area contributed by atoms with Crippen molar-refractivity contribution in [3.63, 3.8) is 0 Å². The molecule has 0 N–H and O–H groups in total. The highest BCUT2D eigenvalue weighted by atomic mass is 32.1. The molecular weight excluding hydrogens is 562 g/mol. The number of hydrogen-bond donors (Lipinski definition) is 0. The number of hydrogen-bond acceptors (Lipinski definition) is 8. The Balaban J connectivity index is 1.22. The van der Waals surface area contributed by atoms with Crippen LogP contribution in [0.25, 0.3) is 28.0 Å². The molecule has 1 aliphatic rings. The first-order chi connectivity index (χ1) is 21.0. The lowest BCUT2D eigenvalue weighted by molar-refractivity contribution is 0.0852. The van der Waals surface area contributed by atoms with E-state index in [1.54, 1.807) is 0 Å². The largest absolute Gasteiger partial charge is 0.494 e. The van der Waals surface area contributed by atoms with E-state index in [1.807, 2.05) is 95.8 Å². The predicted octanol–water partition coefficient (Wildman–Crippen LogP) is 5.49. The zero-order valence-corrected chi connectivity index (χ0v) is 24.5. The van der Waals surface area contributed by atoms with Crippen LogP contribution in [0.3, 0.4) is 0 Å². The second kappa shape index (κ2) is 11.4. The summed E-state index contributed by atoms with van der Waals surface area (Å²) >= 11 is 1.28. The van der Waals surface area contributed by atoms with E-state index < -0.39 is 6.10 Å². The maximum absolute atomic E-state index is 13.5. The van der Waals surface area contributed by atoms with Gasteiger partial charge in [-0.05, 0) is 66.9 Å². The third kappa shape index (κ3) is 5.49. The molecule has 10 heteroatoms. The molecule has 0 spiro atoms. The predicted molar refractivity (Wildman–Crippen MR) is 165 cm³/mol. The summed E-state index contributed by atoms with van der Waals surface area (Å²) in [6, 6.07) is 25.3. The van der Waals surface area contributed by atoms with Crippen molar-refractivity contribution in [3.05, 3.63) is 111 Å². The van der Waals surface area contributed by atoms with Crippen LogP contribution in [0.4, 0.5) is 0 Å². The summed E-state index contributed by atoms with van der Waals surface area (Å²) in [5, 5.41) is 9.40. The van der Waals surface area contributed by atoms with Crippen molar-refractivity contribution in [2.24, 2.45) is 5.92 Å². The first-order valence-electron chi connectivity index (χ1n) is 14.2. The van der Waals surface area contributed by atoms with Gasteiger partial charge in [0.15, 0.2) is 23.4 Å². The molecule has 0 fully saturated rings. The van der Waals surface area contributed by atoms with Crippen molar-refractivity contribution in [2.75, 3.05) is 13.2 Å². The van der Waals surface area contributed by atoms with Gasteiger partial charge in [-0.3, -0.25) is 4.79 Å². The minimum Gasteiger partial charge on any atom is -0.494 e. The molecule has 0 radical (unpaired) electrons. The third-order valence-electron chi connectivity index (χ3n) is 7.14. The zero-order valence-electron chi connectivity index (χ0n) is 23.7. The Morgan fingerprint density at radius 1 is 1.00 bits per heavy atom. The van der Waals surface area contributed by atoms with Crippen LogP contribution in [0, 0.1) is 5.92 Å². The first kappa shape index (κ1) is 26.9. The van der Waals surface area contributed by atoms with E-state index in [2.05, 4.69) is 23.9 Å². The standard InChI is InChI=1S/C33H29N5O4S/c1-21(2)16-17-40-25-14-12-22(13-15-25)30-23(19-37(35-30)24-8-4-3-5-9-24)18-29-32(39)38-33(43-29)34-31(36-38)28-20-41-26-10-6-7-11-27(26)42-28/h3-15,18-19,21,28H,16-17,20H2,1-2H3/b29-18-/t28-/m0/s1. The number of aromatic nitrogens is 5. The van der Waals surface area contributed by atoms with Crippen molar-refractivity contribution >= 4 is 22.4 Å². The zero-order chi connectivity index (χ0) is 29.3. The summed E-state index contributed by atoms with van der Waals surface area (Å²) in [5.74, 6) is 3.13. The van der Waals surface area contributed by atoms with Crippen molar-refractivity contribution in [1.82, 2.24) is 24.4 Å². The minimum atomic E-state index is -0.498. The molecule has 0 saturated carbocycles. The summed E-state index contributed by atoms with van der Waals surface area (Å²) in [6.07, 6.45) is 4.29. The number of fused-ring (bicyclic) bond motifs is 2. The van der Waals surface area contributed by atoms with Gasteiger partial charge in [0, 0.05) is 17.3 Å². The average molecular weight is 592 g/mol. The van der Waals surface area contributed by atoms with Gasteiger partial charge in [-0.2, -0.15) is 14.6 Å². The smallest absolute Gasteiger partial charge is 0.291 e. The maximum atomic E-state index is 13.5. The summed E-state index contributed by atoms with van der Waals surface area (Å²) in [4.78, 5) is 18.6. The summed E-state index contributed by atoms with van der Waals surface area (Å²) in [7, 11) is 0. The van der Waals surface area contributed by atoms with Gasteiger partial charge in [0.25, 0.3) is 5.56 Å². The van der Waals surface area contributed by atoms with E-state index >= 15 is 0 Å². The van der Waals surface area contributed by atoms with Gasteiger partial charge in [0.2, 0.25) is 4.96 Å². The lowest BCUT2D eigenvalue weighted by atomic mass is 10.1. The van der Waals surface area contributed by atoms with Gasteiger partial charge < -0.3 is 14.2 Å². The first-order valence-corrected chi connectivity index (χ1v) is 15.0. The highest BCUT2D eigenvalue weighted by Crippen LogP contribution is 2.35. The molecular formula is C33H29N5O4S. The van der Waals surface area contributed by atoms with E-state index in [4.69, 9.17) is 19.3 Å². The van der Waals surface area contributed by atoms with E-state index in [-0.39, 0.29) is 12.2 Å². The molecule has 4 heterocycles. The molecule has 43 heavy (non-hydrogen) atoms. The van der Waals surface area contributed by atoms with Crippen molar-refractivity contribution in [2.45, 2.75) is 26.4 Å². The van der Waals surface area contributed by atoms with Crippen LogP contribution < -0.4 is 24.3 Å². The lowest BCUT2D eigenvalue weighted by Gasteiger charge is -2.24. The van der Waals surface area contributed by atoms with Crippen LogP contribution >= 0.6 is 11.3 Å². The van der Waals surface area contributed by atoms with Gasteiger partial charge in [0.05, 0.1) is 16.8 Å². The fraction of sp³-hybridized carbons (Fsp3) is 0.212. The topological polar surface area (TPSA) is 92.8 Å². The van der Waals surface area contributed by atoms with Crippen LogP contribution in [0.2, 0.25) is 0 Å². The fourth-order valence-electron chi connectivity index (χ4n) is 4.83. The molecule has 0 saturated heterocycles. The van der Waals surface area contributed by atoms with E-state index in [0.717, 1.165) is 34.7 Å². The van der Waals surface area contributed by atoms with Gasteiger partial charge in [-0.1, -0.05) is 55.5 Å². The van der Waals surface area contributed by atoms with Crippen LogP contribution in [0.1, 0.15) is 37.8 Å². The highest BCUT2D eigenvalue weighted by molar-refractivity contribution is 7.15. The Morgan fingerprint density at radius 2 is 1.77 bits per heavy atom. The molecule has 1 atom stereocenters. The number of nitrogens with zero attached hydrogens (tertiary/aromatic N) is 5. The monoisotopic (exact) mass is 591 g/mol. The minimum absolute atomic E-state index is 0.247. The normalized spacial score (nSPS) is 15.0. The van der Waals surface area contributed by atoms with Gasteiger partial charge >= 0.3 is 0 Å². The Hall–Kier alpha value is -4.96.